The van der Waals surface area contributed by atoms with E-state index in [4.69, 9.17) is 21.6 Å². The molecule has 0 spiro atoms. The molecule has 1 N–H and O–H groups in total. The lowest BCUT2D eigenvalue weighted by atomic mass is 10.2. The monoisotopic (exact) mass is 238 g/mol. The van der Waals surface area contributed by atoms with Crippen LogP contribution in [0, 0.1) is 11.3 Å². The van der Waals surface area contributed by atoms with Gasteiger partial charge in [0.15, 0.2) is 6.61 Å². The van der Waals surface area contributed by atoms with Gasteiger partial charge in [0.25, 0.3) is 0 Å². The van der Waals surface area contributed by atoms with Crippen LogP contribution < -0.4 is 10.1 Å². The van der Waals surface area contributed by atoms with E-state index in [2.05, 4.69) is 12.2 Å². The highest BCUT2D eigenvalue weighted by Gasteiger charge is 2.04. The van der Waals surface area contributed by atoms with E-state index in [9.17, 15) is 0 Å². The summed E-state index contributed by atoms with van der Waals surface area (Å²) < 4.78 is 5.31. The van der Waals surface area contributed by atoms with Crippen molar-refractivity contribution in [2.75, 3.05) is 13.2 Å². The van der Waals surface area contributed by atoms with Crippen LogP contribution in [0.1, 0.15) is 18.9 Å². The lowest BCUT2D eigenvalue weighted by Crippen LogP contribution is -2.14. The molecular formula is C12H15ClN2O. The minimum atomic E-state index is 0.0579. The van der Waals surface area contributed by atoms with Crippen LogP contribution in [0.4, 0.5) is 0 Å². The first-order chi connectivity index (χ1) is 7.77. The molecule has 1 aromatic carbocycles. The number of rotatable bonds is 6. The van der Waals surface area contributed by atoms with Gasteiger partial charge in [0.2, 0.25) is 0 Å². The number of hydrogen-bond donors (Lipinski definition) is 1. The summed E-state index contributed by atoms with van der Waals surface area (Å²) in [5.74, 6) is 0.717. The van der Waals surface area contributed by atoms with Crippen molar-refractivity contribution in [3.05, 3.63) is 28.8 Å². The molecule has 0 atom stereocenters. The van der Waals surface area contributed by atoms with Gasteiger partial charge in [0, 0.05) is 17.1 Å². The molecule has 0 fully saturated rings. The maximum absolute atomic E-state index is 8.47. The van der Waals surface area contributed by atoms with Gasteiger partial charge >= 0.3 is 0 Å². The van der Waals surface area contributed by atoms with Gasteiger partial charge in [-0.15, -0.1) is 0 Å². The van der Waals surface area contributed by atoms with Gasteiger partial charge in [-0.1, -0.05) is 18.5 Å². The molecule has 1 rings (SSSR count). The number of ether oxygens (including phenoxy) is 1. The Bertz CT molecular complexity index is 374. The Labute approximate surface area is 101 Å². The highest BCUT2D eigenvalue weighted by Crippen LogP contribution is 2.22. The fourth-order valence-corrected chi connectivity index (χ4v) is 1.53. The summed E-state index contributed by atoms with van der Waals surface area (Å²) in [6, 6.07) is 7.36. The zero-order valence-corrected chi connectivity index (χ0v) is 10.0. The second-order valence-corrected chi connectivity index (χ2v) is 3.81. The molecule has 0 bridgehead atoms. The van der Waals surface area contributed by atoms with Crippen molar-refractivity contribution in [3.8, 4) is 11.8 Å². The molecule has 0 saturated heterocycles. The number of halogens is 1. The summed E-state index contributed by atoms with van der Waals surface area (Å²) in [5, 5.41) is 12.4. The van der Waals surface area contributed by atoms with Gasteiger partial charge in [-0.3, -0.25) is 0 Å². The second-order valence-electron chi connectivity index (χ2n) is 3.38. The Hall–Kier alpha value is -1.24. The van der Waals surface area contributed by atoms with E-state index in [1.165, 1.54) is 0 Å². The average Bonchev–Trinajstić information content (AvgIpc) is 2.28. The van der Waals surface area contributed by atoms with Crippen LogP contribution >= 0.6 is 11.6 Å². The first kappa shape index (κ1) is 12.8. The van der Waals surface area contributed by atoms with E-state index < -0.39 is 0 Å². The lowest BCUT2D eigenvalue weighted by molar-refractivity contribution is 0.362. The number of nitrogens with one attached hydrogen (secondary N) is 1. The van der Waals surface area contributed by atoms with Crippen LogP contribution in [0.2, 0.25) is 5.02 Å². The number of benzene rings is 1. The molecule has 0 amide bonds. The number of nitriles is 1. The van der Waals surface area contributed by atoms with E-state index in [0.29, 0.717) is 11.6 Å². The quantitative estimate of drug-likeness (QED) is 0.776. The maximum atomic E-state index is 8.47. The number of hydrogen-bond acceptors (Lipinski definition) is 3. The predicted molar refractivity (Wildman–Crippen MR) is 64.6 cm³/mol. The lowest BCUT2D eigenvalue weighted by Gasteiger charge is -2.10. The summed E-state index contributed by atoms with van der Waals surface area (Å²) in [4.78, 5) is 0. The van der Waals surface area contributed by atoms with Gasteiger partial charge in [0.05, 0.1) is 0 Å². The van der Waals surface area contributed by atoms with E-state index in [1.54, 1.807) is 12.1 Å². The largest absolute Gasteiger partial charge is 0.478 e. The first-order valence-electron chi connectivity index (χ1n) is 5.26. The van der Waals surface area contributed by atoms with Crippen LogP contribution in [0.25, 0.3) is 0 Å². The minimum Gasteiger partial charge on any atom is -0.478 e. The summed E-state index contributed by atoms with van der Waals surface area (Å²) >= 11 is 5.92. The maximum Gasteiger partial charge on any atom is 0.174 e. The standard InChI is InChI=1S/C12H15ClN2O/c1-2-6-15-9-10-8-11(13)3-4-12(10)16-7-5-14/h3-4,8,15H,2,6-7,9H2,1H3. The van der Waals surface area contributed by atoms with Gasteiger partial charge in [-0.2, -0.15) is 5.26 Å². The van der Waals surface area contributed by atoms with Crippen molar-refractivity contribution < 1.29 is 4.74 Å². The van der Waals surface area contributed by atoms with Crippen LogP contribution in [0.15, 0.2) is 18.2 Å². The molecule has 0 radical (unpaired) electrons. The summed E-state index contributed by atoms with van der Waals surface area (Å²) in [7, 11) is 0. The van der Waals surface area contributed by atoms with Crippen LogP contribution in [0.5, 0.6) is 5.75 Å². The predicted octanol–water partition coefficient (Wildman–Crippen LogP) is 2.74. The molecule has 0 aliphatic heterocycles. The molecule has 0 saturated carbocycles. The zero-order chi connectivity index (χ0) is 11.8. The topological polar surface area (TPSA) is 45.0 Å². The van der Waals surface area contributed by atoms with E-state index in [0.717, 1.165) is 24.3 Å². The third-order valence-electron chi connectivity index (χ3n) is 2.06. The minimum absolute atomic E-state index is 0.0579. The highest BCUT2D eigenvalue weighted by atomic mass is 35.5. The SMILES string of the molecule is CCCNCc1cc(Cl)ccc1OCC#N. The molecule has 0 unspecified atom stereocenters. The van der Waals surface area contributed by atoms with Crippen LogP contribution in [-0.2, 0) is 6.54 Å². The van der Waals surface area contributed by atoms with Gasteiger partial charge in [0.1, 0.15) is 11.8 Å². The van der Waals surface area contributed by atoms with Gasteiger partial charge < -0.3 is 10.1 Å². The van der Waals surface area contributed by atoms with Crippen molar-refractivity contribution in [2.24, 2.45) is 0 Å². The Morgan fingerprint density at radius 3 is 3.00 bits per heavy atom. The van der Waals surface area contributed by atoms with Crippen molar-refractivity contribution in [2.45, 2.75) is 19.9 Å². The molecule has 0 heterocycles. The Morgan fingerprint density at radius 2 is 2.31 bits per heavy atom. The van der Waals surface area contributed by atoms with Gasteiger partial charge in [-0.25, -0.2) is 0 Å². The van der Waals surface area contributed by atoms with E-state index in [1.807, 2.05) is 12.1 Å². The molecule has 0 aromatic heterocycles. The Balaban J connectivity index is 2.69. The fourth-order valence-electron chi connectivity index (χ4n) is 1.34. The first-order valence-corrected chi connectivity index (χ1v) is 5.64. The molecule has 0 aliphatic carbocycles. The van der Waals surface area contributed by atoms with E-state index in [-0.39, 0.29) is 6.61 Å². The molecule has 3 nitrogen and oxygen atoms in total. The third-order valence-corrected chi connectivity index (χ3v) is 2.29. The molecule has 0 aliphatic rings. The van der Waals surface area contributed by atoms with Crippen molar-refractivity contribution in [1.82, 2.24) is 5.32 Å². The Morgan fingerprint density at radius 1 is 1.50 bits per heavy atom. The van der Waals surface area contributed by atoms with Crippen LogP contribution in [0.3, 0.4) is 0 Å². The molecular weight excluding hydrogens is 224 g/mol. The zero-order valence-electron chi connectivity index (χ0n) is 9.29. The molecule has 1 aromatic rings. The van der Waals surface area contributed by atoms with Crippen molar-refractivity contribution in [1.29, 1.82) is 5.26 Å². The Kier molecular flexibility index (Phi) is 5.69. The van der Waals surface area contributed by atoms with E-state index >= 15 is 0 Å². The average molecular weight is 239 g/mol. The molecule has 16 heavy (non-hydrogen) atoms. The summed E-state index contributed by atoms with van der Waals surface area (Å²) in [6.07, 6.45) is 1.08. The molecule has 4 heteroatoms. The third kappa shape index (κ3) is 4.09. The highest BCUT2D eigenvalue weighted by molar-refractivity contribution is 6.30. The second kappa shape index (κ2) is 7.10. The van der Waals surface area contributed by atoms with Crippen molar-refractivity contribution >= 4 is 11.6 Å². The van der Waals surface area contributed by atoms with Gasteiger partial charge in [-0.05, 0) is 31.2 Å². The summed E-state index contributed by atoms with van der Waals surface area (Å²) in [5.41, 5.74) is 0.983. The molecule has 86 valence electrons. The normalized spacial score (nSPS) is 9.81. The van der Waals surface area contributed by atoms with Crippen LogP contribution in [-0.4, -0.2) is 13.2 Å². The summed E-state index contributed by atoms with van der Waals surface area (Å²) in [6.45, 7) is 3.82. The van der Waals surface area contributed by atoms with Crippen molar-refractivity contribution in [3.63, 3.8) is 0 Å². The smallest absolute Gasteiger partial charge is 0.174 e. The fraction of sp³-hybridized carbons (Fsp3) is 0.417. The number of nitrogens with zero attached hydrogens (tertiary/aromatic N) is 1.